The largest absolute Gasteiger partial charge is 0.412 e. The number of nitrogens with zero attached hydrogens (tertiary/aromatic N) is 7. The number of aromatic nitrogens is 7. The molecule has 0 spiro atoms. The third-order valence-corrected chi connectivity index (χ3v) is 5.44. The SMILES string of the molecule is O=C(c1nnc(-c2cccnc2)o1)N1CCc2[nH]cnc2[C@@H]1c1cc2cccc(F)n2n1. The van der Waals surface area contributed by atoms with Gasteiger partial charge in [-0.15, -0.1) is 10.2 Å². The van der Waals surface area contributed by atoms with Gasteiger partial charge < -0.3 is 14.3 Å². The Bertz CT molecular complexity index is 1440. The van der Waals surface area contributed by atoms with Gasteiger partial charge in [-0.25, -0.2) is 9.50 Å². The van der Waals surface area contributed by atoms with E-state index in [1.54, 1.807) is 54.0 Å². The quantitative estimate of drug-likeness (QED) is 0.437. The number of amides is 1. The van der Waals surface area contributed by atoms with Crippen molar-refractivity contribution in [1.82, 2.24) is 39.7 Å². The molecule has 0 saturated carbocycles. The van der Waals surface area contributed by atoms with Crippen molar-refractivity contribution in [2.75, 3.05) is 6.54 Å². The number of nitrogens with one attached hydrogen (secondary N) is 1. The number of rotatable bonds is 3. The van der Waals surface area contributed by atoms with E-state index in [1.165, 1.54) is 10.6 Å². The summed E-state index contributed by atoms with van der Waals surface area (Å²) in [6.45, 7) is 0.375. The second-order valence-corrected chi connectivity index (χ2v) is 7.33. The summed E-state index contributed by atoms with van der Waals surface area (Å²) in [5.41, 5.74) is 3.23. The molecule has 5 aromatic rings. The lowest BCUT2D eigenvalue weighted by molar-refractivity contribution is 0.0646. The molecule has 158 valence electrons. The molecule has 1 atom stereocenters. The normalized spacial score (nSPS) is 15.8. The fourth-order valence-electron chi connectivity index (χ4n) is 3.97. The first-order valence-electron chi connectivity index (χ1n) is 9.90. The topological polar surface area (TPSA) is 118 Å². The van der Waals surface area contributed by atoms with Crippen molar-refractivity contribution in [1.29, 1.82) is 0 Å². The van der Waals surface area contributed by atoms with Gasteiger partial charge in [-0.2, -0.15) is 9.49 Å². The van der Waals surface area contributed by atoms with Gasteiger partial charge in [0.2, 0.25) is 11.8 Å². The predicted molar refractivity (Wildman–Crippen MR) is 108 cm³/mol. The first-order valence-corrected chi connectivity index (χ1v) is 9.90. The summed E-state index contributed by atoms with van der Waals surface area (Å²) in [4.78, 5) is 26.5. The van der Waals surface area contributed by atoms with E-state index in [9.17, 15) is 9.18 Å². The highest BCUT2D eigenvalue weighted by Gasteiger charge is 2.38. The second-order valence-electron chi connectivity index (χ2n) is 7.33. The number of fused-ring (bicyclic) bond motifs is 2. The molecule has 0 fully saturated rings. The summed E-state index contributed by atoms with van der Waals surface area (Å²) >= 11 is 0. The van der Waals surface area contributed by atoms with E-state index in [-0.39, 0.29) is 11.8 Å². The van der Waals surface area contributed by atoms with Gasteiger partial charge in [-0.1, -0.05) is 6.07 Å². The van der Waals surface area contributed by atoms with Gasteiger partial charge in [0.1, 0.15) is 6.04 Å². The van der Waals surface area contributed by atoms with Crippen LogP contribution in [-0.2, 0) is 6.42 Å². The number of carbonyl (C=O) groups excluding carboxylic acids is 1. The Morgan fingerprint density at radius 1 is 1.22 bits per heavy atom. The highest BCUT2D eigenvalue weighted by molar-refractivity contribution is 5.90. The van der Waals surface area contributed by atoms with Crippen LogP contribution in [0.1, 0.15) is 33.8 Å². The minimum Gasteiger partial charge on any atom is -0.412 e. The Hall–Kier alpha value is -4.41. The zero-order valence-corrected chi connectivity index (χ0v) is 16.5. The number of pyridine rings is 2. The lowest BCUT2D eigenvalue weighted by Gasteiger charge is -2.32. The standard InChI is InChI=1S/C21H15FN8O2/c22-16-5-1-4-13-9-15(28-30(13)16)18-17-14(24-11-25-17)6-8-29(18)21(31)20-27-26-19(32-20)12-3-2-7-23-10-12/h1-5,7,9-11,18H,6,8H2,(H,24,25)/t18-/m0/s1. The maximum Gasteiger partial charge on any atom is 0.312 e. The first-order chi connectivity index (χ1) is 15.7. The van der Waals surface area contributed by atoms with Crippen LogP contribution >= 0.6 is 0 Å². The fourth-order valence-corrected chi connectivity index (χ4v) is 3.97. The minimum atomic E-state index is -0.634. The van der Waals surface area contributed by atoms with Crippen LogP contribution in [0.5, 0.6) is 0 Å². The molecule has 0 aromatic carbocycles. The molecule has 11 heteroatoms. The van der Waals surface area contributed by atoms with Crippen molar-refractivity contribution in [3.63, 3.8) is 0 Å². The van der Waals surface area contributed by atoms with Crippen LogP contribution < -0.4 is 0 Å². The van der Waals surface area contributed by atoms with Crippen molar-refractivity contribution in [3.8, 4) is 11.5 Å². The van der Waals surface area contributed by atoms with E-state index >= 15 is 0 Å². The molecule has 6 rings (SSSR count). The summed E-state index contributed by atoms with van der Waals surface area (Å²) in [6.07, 6.45) is 5.36. The molecule has 32 heavy (non-hydrogen) atoms. The molecule has 0 radical (unpaired) electrons. The number of hydrogen-bond donors (Lipinski definition) is 1. The zero-order chi connectivity index (χ0) is 21.7. The van der Waals surface area contributed by atoms with Crippen molar-refractivity contribution >= 4 is 11.4 Å². The number of halogens is 1. The summed E-state index contributed by atoms with van der Waals surface area (Å²) in [5, 5.41) is 12.3. The fraction of sp³-hybridized carbons (Fsp3) is 0.143. The van der Waals surface area contributed by atoms with Gasteiger partial charge in [0.05, 0.1) is 28.8 Å². The summed E-state index contributed by atoms with van der Waals surface area (Å²) < 4.78 is 21.1. The maximum atomic E-state index is 14.2. The average molecular weight is 430 g/mol. The minimum absolute atomic E-state index is 0.150. The van der Waals surface area contributed by atoms with Crippen LogP contribution in [0.2, 0.25) is 0 Å². The van der Waals surface area contributed by atoms with Crippen LogP contribution in [-0.4, -0.2) is 52.1 Å². The number of hydrogen-bond acceptors (Lipinski definition) is 7. The molecule has 1 amide bonds. The number of imidazole rings is 1. The molecule has 1 aliphatic rings. The lowest BCUT2D eigenvalue weighted by Crippen LogP contribution is -2.41. The molecular weight excluding hydrogens is 415 g/mol. The Morgan fingerprint density at radius 2 is 2.16 bits per heavy atom. The van der Waals surface area contributed by atoms with E-state index < -0.39 is 17.9 Å². The molecule has 0 unspecified atom stereocenters. The molecule has 1 aliphatic heterocycles. The third kappa shape index (κ3) is 2.86. The number of carbonyl (C=O) groups is 1. The monoisotopic (exact) mass is 430 g/mol. The van der Waals surface area contributed by atoms with E-state index in [1.807, 2.05) is 0 Å². The number of H-pyrrole nitrogens is 1. The Balaban J connectivity index is 1.41. The van der Waals surface area contributed by atoms with Crippen LogP contribution in [0.15, 0.2) is 59.5 Å². The van der Waals surface area contributed by atoms with Crippen molar-refractivity contribution < 1.29 is 13.6 Å². The van der Waals surface area contributed by atoms with Crippen LogP contribution in [0, 0.1) is 5.95 Å². The van der Waals surface area contributed by atoms with E-state index in [0.717, 1.165) is 5.69 Å². The molecular formula is C21H15FN8O2. The van der Waals surface area contributed by atoms with Crippen molar-refractivity contribution in [2.24, 2.45) is 0 Å². The molecule has 10 nitrogen and oxygen atoms in total. The van der Waals surface area contributed by atoms with Crippen LogP contribution in [0.3, 0.4) is 0 Å². The van der Waals surface area contributed by atoms with Gasteiger partial charge >= 0.3 is 11.8 Å². The second kappa shape index (κ2) is 7.08. The van der Waals surface area contributed by atoms with Gasteiger partial charge in [-0.05, 0) is 30.3 Å². The summed E-state index contributed by atoms with van der Waals surface area (Å²) in [7, 11) is 0. The summed E-state index contributed by atoms with van der Waals surface area (Å²) in [5.74, 6) is -0.903. The van der Waals surface area contributed by atoms with E-state index in [4.69, 9.17) is 4.42 Å². The molecule has 5 aromatic heterocycles. The van der Waals surface area contributed by atoms with Gasteiger partial charge in [0, 0.05) is 31.1 Å². The molecule has 0 saturated heterocycles. The van der Waals surface area contributed by atoms with Crippen molar-refractivity contribution in [3.05, 3.63) is 84.0 Å². The third-order valence-electron chi connectivity index (χ3n) is 5.44. The van der Waals surface area contributed by atoms with Crippen LogP contribution in [0.4, 0.5) is 4.39 Å². The van der Waals surface area contributed by atoms with Crippen molar-refractivity contribution in [2.45, 2.75) is 12.5 Å². The highest BCUT2D eigenvalue weighted by Crippen LogP contribution is 2.34. The maximum absolute atomic E-state index is 14.2. The Labute approximate surface area is 179 Å². The predicted octanol–water partition coefficient (Wildman–Crippen LogP) is 2.43. The molecule has 0 bridgehead atoms. The van der Waals surface area contributed by atoms with Gasteiger partial charge in [0.15, 0.2) is 0 Å². The lowest BCUT2D eigenvalue weighted by atomic mass is 9.99. The summed E-state index contributed by atoms with van der Waals surface area (Å²) in [6, 6.07) is 9.29. The first kappa shape index (κ1) is 18.4. The Kier molecular flexibility index (Phi) is 4.06. The van der Waals surface area contributed by atoms with E-state index in [0.29, 0.717) is 35.4 Å². The Morgan fingerprint density at radius 3 is 3.00 bits per heavy atom. The molecule has 1 N–H and O–H groups in total. The van der Waals surface area contributed by atoms with Gasteiger partial charge in [-0.3, -0.25) is 9.78 Å². The molecule has 0 aliphatic carbocycles. The zero-order valence-electron chi connectivity index (χ0n) is 16.5. The number of aromatic amines is 1. The van der Waals surface area contributed by atoms with Gasteiger partial charge in [0.25, 0.3) is 0 Å². The van der Waals surface area contributed by atoms with Crippen LogP contribution in [0.25, 0.3) is 17.0 Å². The highest BCUT2D eigenvalue weighted by atomic mass is 19.1. The smallest absolute Gasteiger partial charge is 0.312 e. The molecule has 6 heterocycles. The van der Waals surface area contributed by atoms with E-state index in [2.05, 4.69) is 30.2 Å². The average Bonchev–Trinajstić information content (AvgIpc) is 3.58.